The molecular weight excluding hydrogens is 579 g/mol. The highest BCUT2D eigenvalue weighted by molar-refractivity contribution is 14.1. The van der Waals surface area contributed by atoms with E-state index in [0.717, 1.165) is 45.2 Å². The molecule has 0 amide bonds. The van der Waals surface area contributed by atoms with Gasteiger partial charge in [0.1, 0.15) is 6.33 Å². The minimum Gasteiger partial charge on any atom is -0.392 e. The Labute approximate surface area is 218 Å². The first-order valence-electron chi connectivity index (χ1n) is 10.9. The van der Waals surface area contributed by atoms with Crippen molar-refractivity contribution in [2.75, 3.05) is 0 Å². The van der Waals surface area contributed by atoms with Crippen LogP contribution < -0.4 is 0 Å². The van der Waals surface area contributed by atoms with Crippen LogP contribution in [0.3, 0.4) is 0 Å². The predicted octanol–water partition coefficient (Wildman–Crippen LogP) is 4.43. The maximum atomic E-state index is 10.7. The molecule has 1 atom stereocenters. The fourth-order valence-electron chi connectivity index (χ4n) is 4.50. The van der Waals surface area contributed by atoms with Crippen LogP contribution in [-0.2, 0) is 13.7 Å². The molecule has 11 heteroatoms. The first kappa shape index (κ1) is 22.3. The average Bonchev–Trinajstić information content (AvgIpc) is 3.51. The Morgan fingerprint density at radius 3 is 2.83 bits per heavy atom. The number of aliphatic hydroxyl groups excluding tert-OH is 1. The van der Waals surface area contributed by atoms with Crippen molar-refractivity contribution >= 4 is 56.4 Å². The lowest BCUT2D eigenvalue weighted by Crippen LogP contribution is -2.07. The Hall–Kier alpha value is -3.22. The molecular formula is C24H18ClIN8O. The van der Waals surface area contributed by atoms with Gasteiger partial charge in [-0.25, -0.2) is 4.98 Å². The maximum Gasteiger partial charge on any atom is 0.274 e. The third-order valence-electron chi connectivity index (χ3n) is 6.09. The van der Waals surface area contributed by atoms with Crippen LogP contribution in [-0.4, -0.2) is 48.8 Å². The lowest BCUT2D eigenvalue weighted by atomic mass is 9.88. The largest absolute Gasteiger partial charge is 0.392 e. The summed E-state index contributed by atoms with van der Waals surface area (Å²) in [5.74, 6) is 0.963. The second kappa shape index (κ2) is 8.77. The number of aryl methyl sites for hydroxylation is 1. The summed E-state index contributed by atoms with van der Waals surface area (Å²) in [4.78, 5) is 4.80. The number of nitrogens with zero attached hydrogens (tertiary/aromatic N) is 8. The maximum absolute atomic E-state index is 10.7. The first-order chi connectivity index (χ1) is 17.0. The van der Waals surface area contributed by atoms with Gasteiger partial charge < -0.3 is 9.67 Å². The number of allylic oxidation sites excluding steroid dienone is 4. The Bertz CT molecular complexity index is 1670. The van der Waals surface area contributed by atoms with Crippen molar-refractivity contribution < 1.29 is 5.11 Å². The summed E-state index contributed by atoms with van der Waals surface area (Å²) in [5.41, 5.74) is 5.56. The minimum atomic E-state index is -0.199. The molecule has 0 spiro atoms. The van der Waals surface area contributed by atoms with Crippen LogP contribution >= 0.6 is 34.2 Å². The normalized spacial score (nSPS) is 15.8. The number of halogens is 2. The van der Waals surface area contributed by atoms with E-state index < -0.39 is 0 Å². The topological polar surface area (TPSA) is 107 Å². The van der Waals surface area contributed by atoms with Gasteiger partial charge in [0.15, 0.2) is 5.82 Å². The Kier molecular flexibility index (Phi) is 5.58. The van der Waals surface area contributed by atoms with Crippen molar-refractivity contribution in [2.45, 2.75) is 17.0 Å². The van der Waals surface area contributed by atoms with E-state index in [1.165, 1.54) is 0 Å². The zero-order valence-corrected chi connectivity index (χ0v) is 21.4. The van der Waals surface area contributed by atoms with E-state index in [1.807, 2.05) is 41.9 Å². The quantitative estimate of drug-likeness (QED) is 0.242. The highest BCUT2D eigenvalue weighted by atomic mass is 127. The third-order valence-corrected chi connectivity index (χ3v) is 7.25. The number of aromatic nitrogens is 8. The van der Waals surface area contributed by atoms with Gasteiger partial charge in [-0.1, -0.05) is 69.7 Å². The van der Waals surface area contributed by atoms with Gasteiger partial charge in [0.25, 0.3) is 5.78 Å². The Morgan fingerprint density at radius 2 is 2.11 bits per heavy atom. The fraction of sp³-hybridized carbons (Fsp3) is 0.167. The van der Waals surface area contributed by atoms with Gasteiger partial charge in [0, 0.05) is 32.5 Å². The summed E-state index contributed by atoms with van der Waals surface area (Å²) in [6, 6.07) is 9.49. The highest BCUT2D eigenvalue weighted by Gasteiger charge is 2.26. The summed E-state index contributed by atoms with van der Waals surface area (Å²) >= 11 is 8.76. The van der Waals surface area contributed by atoms with Crippen molar-refractivity contribution in [3.63, 3.8) is 0 Å². The molecule has 2 aromatic carbocycles. The van der Waals surface area contributed by atoms with Crippen molar-refractivity contribution in [3.8, 4) is 22.6 Å². The standard InChI is InChI=1S/C24H18ClIN8O/c1-33-12-27-29-23(33)20-18(11-35)17(13-5-7-16(26)8-6-13)10-19-21(20)22(14-3-2-4-15(25)9-14)28-24-30-31-32-34(19)24/h2-7,9-10,12,16,35H,8,11H2,1H3. The van der Waals surface area contributed by atoms with Crippen molar-refractivity contribution in [3.05, 3.63) is 71.0 Å². The molecule has 0 saturated heterocycles. The summed E-state index contributed by atoms with van der Waals surface area (Å²) in [6.07, 6.45) is 8.99. The lowest BCUT2D eigenvalue weighted by Gasteiger charge is -2.20. The van der Waals surface area contributed by atoms with E-state index >= 15 is 0 Å². The molecule has 1 N–H and O–H groups in total. The Morgan fingerprint density at radius 1 is 1.23 bits per heavy atom. The van der Waals surface area contributed by atoms with E-state index in [0.29, 0.717) is 26.2 Å². The third kappa shape index (κ3) is 3.72. The van der Waals surface area contributed by atoms with Gasteiger partial charge in [-0.3, -0.25) is 0 Å². The van der Waals surface area contributed by atoms with Crippen LogP contribution in [0.5, 0.6) is 0 Å². The van der Waals surface area contributed by atoms with Gasteiger partial charge in [0.2, 0.25) is 0 Å². The van der Waals surface area contributed by atoms with Crippen molar-refractivity contribution in [2.24, 2.45) is 7.05 Å². The predicted molar refractivity (Wildman–Crippen MR) is 142 cm³/mol. The Balaban J connectivity index is 1.82. The number of alkyl halides is 1. The number of tetrazole rings is 1. The van der Waals surface area contributed by atoms with Crippen LogP contribution in [0.1, 0.15) is 17.5 Å². The van der Waals surface area contributed by atoms with Gasteiger partial charge in [0.05, 0.1) is 17.8 Å². The number of hydrogen-bond donors (Lipinski definition) is 1. The van der Waals surface area contributed by atoms with E-state index in [1.54, 1.807) is 10.8 Å². The summed E-state index contributed by atoms with van der Waals surface area (Å²) in [7, 11) is 1.87. The van der Waals surface area contributed by atoms with Crippen LogP contribution in [0.2, 0.25) is 5.02 Å². The second-order valence-electron chi connectivity index (χ2n) is 8.23. The zero-order chi connectivity index (χ0) is 24.1. The minimum absolute atomic E-state index is 0.199. The number of fused-ring (bicyclic) bond motifs is 3. The molecule has 3 heterocycles. The molecule has 1 aliphatic rings. The lowest BCUT2D eigenvalue weighted by molar-refractivity contribution is 0.282. The average molecular weight is 597 g/mol. The van der Waals surface area contributed by atoms with Gasteiger partial charge in [-0.15, -0.1) is 10.2 Å². The zero-order valence-electron chi connectivity index (χ0n) is 18.5. The van der Waals surface area contributed by atoms with Crippen LogP contribution in [0, 0.1) is 0 Å². The molecule has 6 rings (SSSR count). The van der Waals surface area contributed by atoms with Crippen LogP contribution in [0.4, 0.5) is 0 Å². The van der Waals surface area contributed by atoms with Crippen LogP contribution in [0.25, 0.3) is 44.9 Å². The molecule has 0 bridgehead atoms. The molecule has 0 aliphatic heterocycles. The van der Waals surface area contributed by atoms with Crippen molar-refractivity contribution in [1.82, 2.24) is 39.8 Å². The molecule has 3 aromatic heterocycles. The van der Waals surface area contributed by atoms with E-state index in [9.17, 15) is 5.11 Å². The molecule has 0 saturated carbocycles. The summed E-state index contributed by atoms with van der Waals surface area (Å²) in [6.45, 7) is -0.199. The molecule has 0 radical (unpaired) electrons. The van der Waals surface area contributed by atoms with Crippen LogP contribution in [0.15, 0.2) is 54.9 Å². The van der Waals surface area contributed by atoms with Gasteiger partial charge >= 0.3 is 0 Å². The molecule has 9 nitrogen and oxygen atoms in total. The van der Waals surface area contributed by atoms with E-state index in [2.05, 4.69) is 66.5 Å². The number of rotatable bonds is 4. The molecule has 5 aromatic rings. The summed E-state index contributed by atoms with van der Waals surface area (Å²) in [5, 5.41) is 32.8. The smallest absolute Gasteiger partial charge is 0.274 e. The molecule has 0 fully saturated rings. The van der Waals surface area contributed by atoms with E-state index in [-0.39, 0.29) is 6.61 Å². The number of aliphatic hydroxyl groups is 1. The molecule has 1 unspecified atom stereocenters. The molecule has 1 aliphatic carbocycles. The second-order valence-corrected chi connectivity index (χ2v) is 10.3. The SMILES string of the molecule is Cn1cnnc1-c1c(CO)c(C2=CCC(I)C=C2)cc2c1c(-c1cccc(Cl)c1)nc1nnnn12. The first-order valence-corrected chi connectivity index (χ1v) is 12.5. The fourth-order valence-corrected chi connectivity index (χ4v) is 5.15. The van der Waals surface area contributed by atoms with Gasteiger partial charge in [-0.05, 0) is 51.7 Å². The number of benzene rings is 2. The molecule has 35 heavy (non-hydrogen) atoms. The van der Waals surface area contributed by atoms with E-state index in [4.69, 9.17) is 16.6 Å². The highest BCUT2D eigenvalue weighted by Crippen LogP contribution is 2.41. The summed E-state index contributed by atoms with van der Waals surface area (Å²) < 4.78 is 3.87. The van der Waals surface area contributed by atoms with Crippen molar-refractivity contribution in [1.29, 1.82) is 0 Å². The number of hydrogen-bond acceptors (Lipinski definition) is 7. The molecule has 174 valence electrons. The monoisotopic (exact) mass is 596 g/mol. The van der Waals surface area contributed by atoms with Gasteiger partial charge in [-0.2, -0.15) is 4.52 Å².